The standard InChI is InChI=1S/C14H21NO3/c1-10-8-13(11(2)18-10)14(16)15-6-3-7-17-9-12-4-5-12/h8,12H,3-7,9H2,1-2H3,(H,15,16). The fraction of sp³-hybridized carbons (Fsp3) is 0.643. The van der Waals surface area contributed by atoms with Gasteiger partial charge in [-0.3, -0.25) is 4.79 Å². The number of hydrogen-bond acceptors (Lipinski definition) is 3. The highest BCUT2D eigenvalue weighted by atomic mass is 16.5. The molecule has 0 atom stereocenters. The first kappa shape index (κ1) is 13.1. The molecule has 1 fully saturated rings. The molecule has 0 saturated heterocycles. The van der Waals surface area contributed by atoms with Crippen LogP contribution in [0.15, 0.2) is 10.5 Å². The Labute approximate surface area is 108 Å². The van der Waals surface area contributed by atoms with Gasteiger partial charge in [0.25, 0.3) is 5.91 Å². The molecule has 1 aliphatic carbocycles. The van der Waals surface area contributed by atoms with Crippen LogP contribution in [0.2, 0.25) is 0 Å². The van der Waals surface area contributed by atoms with E-state index in [9.17, 15) is 4.79 Å². The number of rotatable bonds is 7. The van der Waals surface area contributed by atoms with E-state index >= 15 is 0 Å². The summed E-state index contributed by atoms with van der Waals surface area (Å²) < 4.78 is 10.8. The summed E-state index contributed by atoms with van der Waals surface area (Å²) >= 11 is 0. The number of aryl methyl sites for hydroxylation is 2. The van der Waals surface area contributed by atoms with Gasteiger partial charge in [-0.2, -0.15) is 0 Å². The largest absolute Gasteiger partial charge is 0.466 e. The first-order chi connectivity index (χ1) is 8.66. The molecule has 0 aromatic carbocycles. The van der Waals surface area contributed by atoms with E-state index in [2.05, 4.69) is 5.32 Å². The van der Waals surface area contributed by atoms with Gasteiger partial charge in [0.1, 0.15) is 11.5 Å². The second-order valence-corrected chi connectivity index (χ2v) is 4.95. The SMILES string of the molecule is Cc1cc(C(=O)NCCCOCC2CC2)c(C)o1. The molecule has 1 aliphatic rings. The fourth-order valence-corrected chi connectivity index (χ4v) is 1.86. The van der Waals surface area contributed by atoms with Crippen LogP contribution in [0.4, 0.5) is 0 Å². The van der Waals surface area contributed by atoms with Gasteiger partial charge >= 0.3 is 0 Å². The smallest absolute Gasteiger partial charge is 0.254 e. The van der Waals surface area contributed by atoms with E-state index in [-0.39, 0.29) is 5.91 Å². The minimum absolute atomic E-state index is 0.0634. The number of nitrogens with one attached hydrogen (secondary N) is 1. The molecule has 100 valence electrons. The van der Waals surface area contributed by atoms with Gasteiger partial charge in [-0.15, -0.1) is 0 Å². The van der Waals surface area contributed by atoms with Gasteiger partial charge in [0.2, 0.25) is 0 Å². The molecule has 1 aromatic rings. The number of furan rings is 1. The van der Waals surface area contributed by atoms with E-state index < -0.39 is 0 Å². The third-order valence-electron chi connectivity index (χ3n) is 3.09. The average molecular weight is 251 g/mol. The molecular weight excluding hydrogens is 230 g/mol. The Hall–Kier alpha value is -1.29. The Morgan fingerprint density at radius 1 is 1.50 bits per heavy atom. The molecular formula is C14H21NO3. The third-order valence-corrected chi connectivity index (χ3v) is 3.09. The van der Waals surface area contributed by atoms with Crippen LogP contribution in [0.3, 0.4) is 0 Å². The van der Waals surface area contributed by atoms with Gasteiger partial charge in [0.05, 0.1) is 5.56 Å². The monoisotopic (exact) mass is 251 g/mol. The third kappa shape index (κ3) is 3.88. The lowest BCUT2D eigenvalue weighted by Crippen LogP contribution is -2.25. The van der Waals surface area contributed by atoms with Crippen molar-refractivity contribution in [2.45, 2.75) is 33.1 Å². The fourth-order valence-electron chi connectivity index (χ4n) is 1.86. The zero-order valence-corrected chi connectivity index (χ0v) is 11.1. The highest BCUT2D eigenvalue weighted by Crippen LogP contribution is 2.28. The van der Waals surface area contributed by atoms with Crippen molar-refractivity contribution in [3.8, 4) is 0 Å². The highest BCUT2D eigenvalue weighted by Gasteiger charge is 2.20. The predicted molar refractivity (Wildman–Crippen MR) is 68.7 cm³/mol. The van der Waals surface area contributed by atoms with Crippen LogP contribution in [0.5, 0.6) is 0 Å². The molecule has 18 heavy (non-hydrogen) atoms. The van der Waals surface area contributed by atoms with Crippen molar-refractivity contribution in [2.24, 2.45) is 5.92 Å². The first-order valence-corrected chi connectivity index (χ1v) is 6.60. The van der Waals surface area contributed by atoms with Crippen LogP contribution in [-0.4, -0.2) is 25.7 Å². The number of carbonyl (C=O) groups excluding carboxylic acids is 1. The number of hydrogen-bond donors (Lipinski definition) is 1. The van der Waals surface area contributed by atoms with Crippen molar-refractivity contribution in [1.82, 2.24) is 5.32 Å². The van der Waals surface area contributed by atoms with E-state index in [4.69, 9.17) is 9.15 Å². The van der Waals surface area contributed by atoms with Gasteiger partial charge in [0.15, 0.2) is 0 Å². The van der Waals surface area contributed by atoms with Crippen LogP contribution in [0, 0.1) is 19.8 Å². The number of amides is 1. The average Bonchev–Trinajstić information content (AvgIpc) is 3.08. The molecule has 0 aliphatic heterocycles. The normalized spacial score (nSPS) is 14.8. The summed E-state index contributed by atoms with van der Waals surface area (Å²) in [6.45, 7) is 5.90. The molecule has 1 saturated carbocycles. The van der Waals surface area contributed by atoms with Crippen LogP contribution >= 0.6 is 0 Å². The minimum atomic E-state index is -0.0634. The number of ether oxygens (including phenoxy) is 1. The van der Waals surface area contributed by atoms with Gasteiger partial charge in [0, 0.05) is 19.8 Å². The Bertz CT molecular complexity index is 407. The summed E-state index contributed by atoms with van der Waals surface area (Å²) in [4.78, 5) is 11.8. The predicted octanol–water partition coefficient (Wildman–Crippen LogP) is 2.44. The van der Waals surface area contributed by atoms with E-state index in [1.54, 1.807) is 13.0 Å². The van der Waals surface area contributed by atoms with Crippen molar-refractivity contribution in [1.29, 1.82) is 0 Å². The first-order valence-electron chi connectivity index (χ1n) is 6.60. The van der Waals surface area contributed by atoms with Crippen molar-refractivity contribution >= 4 is 5.91 Å². The van der Waals surface area contributed by atoms with Crippen molar-refractivity contribution in [2.75, 3.05) is 19.8 Å². The minimum Gasteiger partial charge on any atom is -0.466 e. The molecule has 2 rings (SSSR count). The molecule has 1 N–H and O–H groups in total. The summed E-state index contributed by atoms with van der Waals surface area (Å²) in [5, 5.41) is 2.88. The van der Waals surface area contributed by atoms with Crippen molar-refractivity contribution in [3.05, 3.63) is 23.2 Å². The lowest BCUT2D eigenvalue weighted by Gasteiger charge is -2.05. The van der Waals surface area contributed by atoms with Gasteiger partial charge < -0.3 is 14.5 Å². The summed E-state index contributed by atoms with van der Waals surface area (Å²) in [6.07, 6.45) is 3.49. The maximum Gasteiger partial charge on any atom is 0.254 e. The zero-order valence-electron chi connectivity index (χ0n) is 11.1. The summed E-state index contributed by atoms with van der Waals surface area (Å²) in [7, 11) is 0. The molecule has 0 bridgehead atoms. The van der Waals surface area contributed by atoms with Crippen molar-refractivity contribution in [3.63, 3.8) is 0 Å². The second kappa shape index (κ2) is 6.05. The second-order valence-electron chi connectivity index (χ2n) is 4.95. The quantitative estimate of drug-likeness (QED) is 0.757. The zero-order chi connectivity index (χ0) is 13.0. The molecule has 0 unspecified atom stereocenters. The summed E-state index contributed by atoms with van der Waals surface area (Å²) in [5.74, 6) is 2.18. The van der Waals surface area contributed by atoms with Crippen LogP contribution in [-0.2, 0) is 4.74 Å². The summed E-state index contributed by atoms with van der Waals surface area (Å²) in [6, 6.07) is 1.77. The molecule has 0 spiro atoms. The maximum atomic E-state index is 11.8. The van der Waals surface area contributed by atoms with Crippen LogP contribution < -0.4 is 5.32 Å². The van der Waals surface area contributed by atoms with E-state index in [1.165, 1.54) is 12.8 Å². The van der Waals surface area contributed by atoms with Gasteiger partial charge in [-0.05, 0) is 45.1 Å². The Kier molecular flexibility index (Phi) is 4.42. The molecule has 4 heteroatoms. The summed E-state index contributed by atoms with van der Waals surface area (Å²) in [5.41, 5.74) is 0.631. The van der Waals surface area contributed by atoms with Gasteiger partial charge in [-0.1, -0.05) is 0 Å². The lowest BCUT2D eigenvalue weighted by molar-refractivity contribution is 0.0936. The van der Waals surface area contributed by atoms with E-state index in [1.807, 2.05) is 6.92 Å². The van der Waals surface area contributed by atoms with Gasteiger partial charge in [-0.25, -0.2) is 0 Å². The van der Waals surface area contributed by atoms with Crippen LogP contribution in [0.25, 0.3) is 0 Å². The molecule has 1 aromatic heterocycles. The Balaban J connectivity index is 1.60. The maximum absolute atomic E-state index is 11.8. The molecule has 0 radical (unpaired) electrons. The Morgan fingerprint density at radius 3 is 2.89 bits per heavy atom. The number of carbonyl (C=O) groups is 1. The highest BCUT2D eigenvalue weighted by molar-refractivity contribution is 5.95. The molecule has 1 amide bonds. The van der Waals surface area contributed by atoms with E-state index in [0.717, 1.165) is 31.3 Å². The Morgan fingerprint density at radius 2 is 2.28 bits per heavy atom. The van der Waals surface area contributed by atoms with Crippen LogP contribution in [0.1, 0.15) is 41.1 Å². The van der Waals surface area contributed by atoms with Crippen molar-refractivity contribution < 1.29 is 13.9 Å². The molecule has 4 nitrogen and oxygen atoms in total. The lowest BCUT2D eigenvalue weighted by atomic mass is 10.2. The topological polar surface area (TPSA) is 51.5 Å². The molecule has 1 heterocycles. The van der Waals surface area contributed by atoms with E-state index in [0.29, 0.717) is 17.9 Å².